The number of carbonyl (C=O) groups excluding carboxylic acids is 2. The van der Waals surface area contributed by atoms with E-state index in [0.29, 0.717) is 22.0 Å². The second kappa shape index (κ2) is 13.7. The molecule has 11 heteroatoms. The van der Waals surface area contributed by atoms with E-state index in [1.165, 1.54) is 31.7 Å². The van der Waals surface area contributed by atoms with Gasteiger partial charge in [-0.15, -0.1) is 11.8 Å². The standard InChI is InChI=1S/C30H32N2O8S/c1-17-25(16-41-28-24(29(36)37)8-5-13-31-28)39-30(40-26(17)21-11-9-20(15-33)10-12-21)22-6-4-7-23(14-22)32-27(35)18(2)38-19(3)34/h4-14,17-18,25-26,30,33H,15-16H2,1-3H3,(H,32,35)(H,36,37)/t17-,18-,25+,26+,30+/m0/s1. The number of carboxylic acid groups (broad SMARTS) is 1. The Bertz CT molecular complexity index is 1380. The zero-order valence-corrected chi connectivity index (χ0v) is 23.7. The van der Waals surface area contributed by atoms with Crippen LogP contribution in [-0.2, 0) is 30.4 Å². The lowest BCUT2D eigenvalue weighted by Crippen LogP contribution is -2.38. The van der Waals surface area contributed by atoms with Gasteiger partial charge in [-0.2, -0.15) is 0 Å². The van der Waals surface area contributed by atoms with Crippen molar-refractivity contribution in [3.63, 3.8) is 0 Å². The highest BCUT2D eigenvalue weighted by Gasteiger charge is 2.38. The lowest BCUT2D eigenvalue weighted by Gasteiger charge is -2.41. The number of rotatable bonds is 10. The Hall–Kier alpha value is -3.77. The Balaban J connectivity index is 1.59. The summed E-state index contributed by atoms with van der Waals surface area (Å²) in [6.07, 6.45) is -0.942. The van der Waals surface area contributed by atoms with Crippen LogP contribution in [-0.4, -0.2) is 51.0 Å². The number of hydrogen-bond donors (Lipinski definition) is 3. The number of aromatic nitrogens is 1. The molecule has 2 heterocycles. The summed E-state index contributed by atoms with van der Waals surface area (Å²) >= 11 is 1.30. The van der Waals surface area contributed by atoms with Gasteiger partial charge in [-0.1, -0.05) is 43.3 Å². The van der Waals surface area contributed by atoms with Crippen molar-refractivity contribution < 1.29 is 38.8 Å². The fourth-order valence-corrected chi connectivity index (χ4v) is 5.60. The SMILES string of the molecule is CC(=O)O[C@@H](C)C(=O)Nc1cccc([C@@H]2O[C@H](CSc3ncccc3C(=O)O)[C@H](C)[C@H](c3ccc(CO)cc3)O2)c1. The average molecular weight is 581 g/mol. The molecule has 3 N–H and O–H groups in total. The number of aromatic carboxylic acids is 1. The molecule has 0 aliphatic carbocycles. The highest BCUT2D eigenvalue weighted by Crippen LogP contribution is 2.43. The molecule has 1 aromatic heterocycles. The number of carboxylic acids is 1. The Labute approximate surface area is 242 Å². The fraction of sp³-hybridized carbons (Fsp3) is 0.333. The molecule has 1 amide bonds. The summed E-state index contributed by atoms with van der Waals surface area (Å²) in [5.74, 6) is -1.79. The largest absolute Gasteiger partial charge is 0.478 e. The van der Waals surface area contributed by atoms with Crippen LogP contribution in [0.2, 0.25) is 0 Å². The zero-order chi connectivity index (χ0) is 29.5. The van der Waals surface area contributed by atoms with Crippen molar-refractivity contribution in [2.45, 2.75) is 57.0 Å². The van der Waals surface area contributed by atoms with Crippen LogP contribution in [0.4, 0.5) is 5.69 Å². The van der Waals surface area contributed by atoms with Crippen LogP contribution in [0.15, 0.2) is 71.9 Å². The van der Waals surface area contributed by atoms with E-state index in [-0.39, 0.29) is 30.3 Å². The van der Waals surface area contributed by atoms with Crippen molar-refractivity contribution in [1.82, 2.24) is 4.98 Å². The molecule has 0 radical (unpaired) electrons. The van der Waals surface area contributed by atoms with E-state index < -0.39 is 30.2 Å². The van der Waals surface area contributed by atoms with Crippen molar-refractivity contribution >= 4 is 35.3 Å². The molecule has 2 aromatic carbocycles. The van der Waals surface area contributed by atoms with E-state index >= 15 is 0 Å². The molecule has 0 spiro atoms. The summed E-state index contributed by atoms with van der Waals surface area (Å²) in [5.41, 5.74) is 2.94. The summed E-state index contributed by atoms with van der Waals surface area (Å²) in [7, 11) is 0. The van der Waals surface area contributed by atoms with Crippen LogP contribution in [0.1, 0.15) is 60.2 Å². The molecule has 1 aliphatic rings. The second-order valence-corrected chi connectivity index (χ2v) is 10.7. The molecular weight excluding hydrogens is 548 g/mol. The third-order valence-corrected chi connectivity index (χ3v) is 7.74. The first-order valence-corrected chi connectivity index (χ1v) is 14.0. The van der Waals surface area contributed by atoms with Crippen molar-refractivity contribution in [2.24, 2.45) is 5.92 Å². The van der Waals surface area contributed by atoms with E-state index in [4.69, 9.17) is 14.2 Å². The number of carbonyl (C=O) groups is 3. The monoisotopic (exact) mass is 580 g/mol. The van der Waals surface area contributed by atoms with E-state index in [2.05, 4.69) is 10.3 Å². The van der Waals surface area contributed by atoms with Gasteiger partial charge in [0.05, 0.1) is 24.4 Å². The third kappa shape index (κ3) is 7.70. The summed E-state index contributed by atoms with van der Waals surface area (Å²) in [6.45, 7) is 4.66. The molecule has 41 heavy (non-hydrogen) atoms. The van der Waals surface area contributed by atoms with Crippen molar-refractivity contribution in [3.05, 3.63) is 89.1 Å². The highest BCUT2D eigenvalue weighted by atomic mass is 32.2. The zero-order valence-electron chi connectivity index (χ0n) is 22.9. The van der Waals surface area contributed by atoms with Gasteiger partial charge in [-0.3, -0.25) is 9.59 Å². The summed E-state index contributed by atoms with van der Waals surface area (Å²) in [4.78, 5) is 39.7. The van der Waals surface area contributed by atoms with Gasteiger partial charge in [-0.25, -0.2) is 9.78 Å². The van der Waals surface area contributed by atoms with E-state index in [1.807, 2.05) is 37.3 Å². The molecule has 4 rings (SSSR count). The van der Waals surface area contributed by atoms with Crippen molar-refractivity contribution in [2.75, 3.05) is 11.1 Å². The molecule has 10 nitrogen and oxygen atoms in total. The lowest BCUT2D eigenvalue weighted by molar-refractivity contribution is -0.268. The quantitative estimate of drug-likeness (QED) is 0.227. The van der Waals surface area contributed by atoms with Crippen LogP contribution in [0.3, 0.4) is 0 Å². The first-order valence-electron chi connectivity index (χ1n) is 13.1. The topological polar surface area (TPSA) is 144 Å². The number of pyridine rings is 1. The van der Waals surface area contributed by atoms with Crippen LogP contribution < -0.4 is 5.32 Å². The van der Waals surface area contributed by atoms with Crippen LogP contribution in [0.5, 0.6) is 0 Å². The van der Waals surface area contributed by atoms with Gasteiger partial charge in [0, 0.05) is 36.0 Å². The Morgan fingerprint density at radius 2 is 1.83 bits per heavy atom. The maximum absolute atomic E-state index is 12.5. The van der Waals surface area contributed by atoms with Crippen molar-refractivity contribution in [3.8, 4) is 0 Å². The van der Waals surface area contributed by atoms with E-state index in [0.717, 1.165) is 11.1 Å². The van der Waals surface area contributed by atoms with Gasteiger partial charge in [0.1, 0.15) is 5.03 Å². The number of thioether (sulfide) groups is 1. The van der Waals surface area contributed by atoms with Gasteiger partial charge in [0.2, 0.25) is 0 Å². The normalized spacial score (nSPS) is 21.1. The molecule has 1 aliphatic heterocycles. The first-order chi connectivity index (χ1) is 19.7. The Kier molecular flexibility index (Phi) is 10.1. The van der Waals surface area contributed by atoms with Gasteiger partial charge < -0.3 is 29.7 Å². The molecule has 1 fully saturated rings. The molecule has 0 bridgehead atoms. The van der Waals surface area contributed by atoms with E-state index in [1.54, 1.807) is 30.5 Å². The van der Waals surface area contributed by atoms with Gasteiger partial charge >= 0.3 is 11.9 Å². The summed E-state index contributed by atoms with van der Waals surface area (Å²) in [5, 5.41) is 22.2. The predicted octanol–water partition coefficient (Wildman–Crippen LogP) is 4.75. The summed E-state index contributed by atoms with van der Waals surface area (Å²) in [6, 6.07) is 17.6. The number of aliphatic hydroxyl groups is 1. The van der Waals surface area contributed by atoms with Crippen LogP contribution in [0, 0.1) is 5.92 Å². The minimum Gasteiger partial charge on any atom is -0.478 e. The highest BCUT2D eigenvalue weighted by molar-refractivity contribution is 7.99. The minimum absolute atomic E-state index is 0.0725. The van der Waals surface area contributed by atoms with E-state index in [9.17, 15) is 24.6 Å². The molecule has 0 unspecified atom stereocenters. The first kappa shape index (κ1) is 30.2. The molecule has 0 saturated carbocycles. The van der Waals surface area contributed by atoms with Gasteiger partial charge in [-0.05, 0) is 42.3 Å². The van der Waals surface area contributed by atoms with Gasteiger partial charge in [0.25, 0.3) is 5.91 Å². The number of amides is 1. The number of anilines is 1. The molecular formula is C30H32N2O8S. The number of aliphatic hydroxyl groups excluding tert-OH is 1. The van der Waals surface area contributed by atoms with Crippen molar-refractivity contribution in [1.29, 1.82) is 0 Å². The molecule has 5 atom stereocenters. The number of nitrogens with one attached hydrogen (secondary N) is 1. The van der Waals surface area contributed by atoms with Crippen LogP contribution in [0.25, 0.3) is 0 Å². The number of benzene rings is 2. The number of ether oxygens (including phenoxy) is 3. The number of hydrogen-bond acceptors (Lipinski definition) is 9. The van der Waals surface area contributed by atoms with Gasteiger partial charge in [0.15, 0.2) is 12.4 Å². The molecule has 216 valence electrons. The maximum atomic E-state index is 12.5. The fourth-order valence-electron chi connectivity index (χ4n) is 4.45. The minimum atomic E-state index is -1.05. The second-order valence-electron chi connectivity index (χ2n) is 9.66. The number of nitrogens with zero attached hydrogens (tertiary/aromatic N) is 1. The predicted molar refractivity (Wildman–Crippen MR) is 151 cm³/mol. The molecule has 1 saturated heterocycles. The molecule has 3 aromatic rings. The third-order valence-electron chi connectivity index (χ3n) is 6.65. The average Bonchev–Trinajstić information content (AvgIpc) is 2.96. The Morgan fingerprint density at radius 3 is 2.51 bits per heavy atom. The maximum Gasteiger partial charge on any atom is 0.338 e. The smallest absolute Gasteiger partial charge is 0.338 e. The number of esters is 1. The summed E-state index contributed by atoms with van der Waals surface area (Å²) < 4.78 is 17.8. The Morgan fingerprint density at radius 1 is 1.07 bits per heavy atom. The van der Waals surface area contributed by atoms with Crippen LogP contribution >= 0.6 is 11.8 Å². The lowest BCUT2D eigenvalue weighted by atomic mass is 9.91.